The Hall–Kier alpha value is -5.79. The largest absolute Gasteiger partial charge is 0.456 e. The summed E-state index contributed by atoms with van der Waals surface area (Å²) in [7, 11) is 1.61. The molecule has 11 nitrogen and oxygen atoms in total. The number of nitrogens with zero attached hydrogens (tertiary/aromatic N) is 6. The number of fused-ring (bicyclic) bond motifs is 2. The van der Waals surface area contributed by atoms with E-state index in [1.807, 2.05) is 36.4 Å². The van der Waals surface area contributed by atoms with Crippen LogP contribution in [0.3, 0.4) is 0 Å². The van der Waals surface area contributed by atoms with Crippen molar-refractivity contribution in [2.24, 2.45) is 5.29 Å². The predicted molar refractivity (Wildman–Crippen MR) is 201 cm³/mol. The van der Waals surface area contributed by atoms with Crippen LogP contribution in [0.2, 0.25) is 0 Å². The zero-order valence-electron chi connectivity index (χ0n) is 30.3. The van der Waals surface area contributed by atoms with Crippen molar-refractivity contribution >= 4 is 33.9 Å². The minimum absolute atomic E-state index is 0.129. The number of nitro benzene ring substituents is 1. The smallest absolute Gasteiger partial charge is 0.423 e. The molecule has 14 heteroatoms. The highest BCUT2D eigenvalue weighted by Crippen LogP contribution is 2.42. The minimum Gasteiger partial charge on any atom is -0.456 e. The molecule has 0 unspecified atom stereocenters. The third kappa shape index (κ3) is 8.01. The highest BCUT2D eigenvalue weighted by molar-refractivity contribution is 6.09. The second-order valence-electron chi connectivity index (χ2n) is 12.5. The zero-order valence-corrected chi connectivity index (χ0v) is 30.3. The van der Waals surface area contributed by atoms with Gasteiger partial charge in [0.15, 0.2) is 0 Å². The van der Waals surface area contributed by atoms with Gasteiger partial charge in [-0.1, -0.05) is 18.2 Å². The molecular formula is C39H42F3N6O5+. The van der Waals surface area contributed by atoms with Gasteiger partial charge in [0, 0.05) is 79.2 Å². The van der Waals surface area contributed by atoms with E-state index in [2.05, 4.69) is 54.6 Å². The van der Waals surface area contributed by atoms with Crippen molar-refractivity contribution in [2.75, 3.05) is 56.2 Å². The van der Waals surface area contributed by atoms with Gasteiger partial charge in [-0.25, -0.2) is 9.58 Å². The van der Waals surface area contributed by atoms with Crippen LogP contribution in [0.4, 0.5) is 30.2 Å². The van der Waals surface area contributed by atoms with Crippen molar-refractivity contribution in [1.29, 1.82) is 0 Å². The van der Waals surface area contributed by atoms with Crippen molar-refractivity contribution in [1.82, 2.24) is 9.48 Å². The van der Waals surface area contributed by atoms with Crippen LogP contribution in [0.15, 0.2) is 88.6 Å². The molecule has 0 saturated carbocycles. The van der Waals surface area contributed by atoms with Gasteiger partial charge in [-0.2, -0.15) is 13.2 Å². The maximum atomic E-state index is 14.1. The Balaban J connectivity index is 1.50. The lowest BCUT2D eigenvalue weighted by Crippen LogP contribution is -2.30. The summed E-state index contributed by atoms with van der Waals surface area (Å²) in [5.74, 6) is 0.369. The molecular weight excluding hydrogens is 689 g/mol. The summed E-state index contributed by atoms with van der Waals surface area (Å²) in [6.07, 6.45) is -4.86. The van der Waals surface area contributed by atoms with Gasteiger partial charge in [0.05, 0.1) is 22.0 Å². The van der Waals surface area contributed by atoms with E-state index in [0.29, 0.717) is 34.6 Å². The first-order chi connectivity index (χ1) is 25.4. The second kappa shape index (κ2) is 16.3. The molecule has 53 heavy (non-hydrogen) atoms. The lowest BCUT2D eigenvalue weighted by molar-refractivity contribution is -0.388. The molecule has 5 rings (SSSR count). The molecule has 1 heterocycles. The van der Waals surface area contributed by atoms with Gasteiger partial charge < -0.3 is 14.2 Å². The van der Waals surface area contributed by atoms with Crippen LogP contribution in [0, 0.1) is 15.0 Å². The van der Waals surface area contributed by atoms with E-state index in [1.165, 1.54) is 4.90 Å². The molecule has 0 fully saturated rings. The third-order valence-corrected chi connectivity index (χ3v) is 9.46. The monoisotopic (exact) mass is 731 g/mol. The third-order valence-electron chi connectivity index (χ3n) is 9.46. The molecule has 0 N–H and O–H groups in total. The molecule has 278 valence electrons. The molecule has 1 aliphatic heterocycles. The number of nitro groups is 1. The number of amides is 1. The molecule has 0 atom stereocenters. The number of halogens is 3. The van der Waals surface area contributed by atoms with Crippen molar-refractivity contribution in [3.05, 3.63) is 110 Å². The van der Waals surface area contributed by atoms with Gasteiger partial charge in [0.25, 0.3) is 11.6 Å². The number of nitroso groups, excluding NO2 is 1. The number of anilines is 2. The van der Waals surface area contributed by atoms with Crippen molar-refractivity contribution < 1.29 is 27.3 Å². The highest BCUT2D eigenvalue weighted by atomic mass is 19.4. The van der Waals surface area contributed by atoms with Gasteiger partial charge in [0.1, 0.15) is 30.0 Å². The fourth-order valence-electron chi connectivity index (χ4n) is 6.67. The first kappa shape index (κ1) is 38.4. The van der Waals surface area contributed by atoms with E-state index >= 15 is 0 Å². The van der Waals surface area contributed by atoms with Gasteiger partial charge in [-0.05, 0) is 76.1 Å². The topological polar surface area (TPSA) is 116 Å². The lowest BCUT2D eigenvalue weighted by Gasteiger charge is -2.24. The van der Waals surface area contributed by atoms with Gasteiger partial charge in [-0.15, -0.1) is 4.91 Å². The lowest BCUT2D eigenvalue weighted by atomic mass is 9.90. The van der Waals surface area contributed by atoms with Crippen LogP contribution in [-0.2, 0) is 6.18 Å². The Bertz CT molecular complexity index is 2170. The van der Waals surface area contributed by atoms with Crippen LogP contribution in [0.5, 0.6) is 0 Å². The predicted octanol–water partition coefficient (Wildman–Crippen LogP) is 8.44. The van der Waals surface area contributed by atoms with Crippen molar-refractivity contribution in [3.63, 3.8) is 0 Å². The van der Waals surface area contributed by atoms with Crippen LogP contribution in [0.25, 0.3) is 33.4 Å². The zero-order chi connectivity index (χ0) is 38.4. The van der Waals surface area contributed by atoms with Crippen LogP contribution >= 0.6 is 0 Å². The molecule has 0 saturated heterocycles. The fourth-order valence-corrected chi connectivity index (χ4v) is 6.67. The normalized spacial score (nSPS) is 11.5. The number of benzene rings is 4. The molecule has 1 amide bonds. The Kier molecular flexibility index (Phi) is 11.8. The molecule has 0 radical (unpaired) electrons. The quantitative estimate of drug-likeness (QED) is 0.0370. The van der Waals surface area contributed by atoms with Gasteiger partial charge in [0.2, 0.25) is 5.36 Å². The van der Waals surface area contributed by atoms with E-state index in [4.69, 9.17) is 4.42 Å². The van der Waals surface area contributed by atoms with Gasteiger partial charge in [-0.3, -0.25) is 14.9 Å². The van der Waals surface area contributed by atoms with Crippen molar-refractivity contribution in [3.8, 4) is 22.5 Å². The Morgan fingerprint density at radius 2 is 1.57 bits per heavy atom. The van der Waals surface area contributed by atoms with Crippen LogP contribution in [0.1, 0.15) is 50.0 Å². The molecule has 0 spiro atoms. The SMILES string of the molecule is CCN(CC)c1ccc2c(-c3ccccc3C(=O)N(C)CCCN(N=O)c3ccc([N+](=O)[O-])c(C(F)(F)F)c3)c3ccc(=[N+](CC)CC)cc-3oc2c1. The summed E-state index contributed by atoms with van der Waals surface area (Å²) in [6.45, 7) is 11.7. The first-order valence-electron chi connectivity index (χ1n) is 17.5. The fraction of sp³-hybridized carbons (Fsp3) is 0.333. The number of rotatable bonds is 14. The highest BCUT2D eigenvalue weighted by Gasteiger charge is 2.39. The summed E-state index contributed by atoms with van der Waals surface area (Å²) in [5, 5.41) is 16.7. The van der Waals surface area contributed by atoms with E-state index in [-0.39, 0.29) is 31.1 Å². The first-order valence-corrected chi connectivity index (χ1v) is 17.5. The van der Waals surface area contributed by atoms with Crippen LogP contribution < -0.4 is 19.8 Å². The number of alkyl halides is 3. The van der Waals surface area contributed by atoms with Gasteiger partial charge >= 0.3 is 6.18 Å². The Morgan fingerprint density at radius 1 is 0.868 bits per heavy atom. The van der Waals surface area contributed by atoms with E-state index in [1.54, 1.807) is 19.2 Å². The van der Waals surface area contributed by atoms with E-state index in [9.17, 15) is 33.0 Å². The molecule has 3 aromatic rings. The maximum absolute atomic E-state index is 14.1. The second-order valence-corrected chi connectivity index (χ2v) is 12.5. The Morgan fingerprint density at radius 3 is 2.21 bits per heavy atom. The molecule has 2 aliphatic rings. The number of carbonyl (C=O) groups excluding carboxylic acids is 1. The standard InChI is InChI=1S/C39H42F3N6O5/c1-6-45(7-2)26-15-18-31-35(24-26)53-36-25-27(46(8-3)9-4)16-19-32(36)37(31)29-13-10-11-14-30(29)38(49)44(5)21-12-22-47(43-50)28-17-20-34(48(51)52)33(23-28)39(40,41)42/h10-11,13-20,23-25H,6-9,12,21-22H2,1-5H3/q+1. The molecule has 3 aromatic carbocycles. The summed E-state index contributed by atoms with van der Waals surface area (Å²) in [6, 6.07) is 21.8. The maximum Gasteiger partial charge on any atom is 0.423 e. The average molecular weight is 732 g/mol. The number of hydrogen-bond donors (Lipinski definition) is 0. The summed E-state index contributed by atoms with van der Waals surface area (Å²) < 4.78 is 49.5. The minimum atomic E-state index is -5.02. The number of carbonyl (C=O) groups is 1. The number of hydrogen-bond acceptors (Lipinski definition) is 7. The summed E-state index contributed by atoms with van der Waals surface area (Å²) in [4.78, 5) is 39.6. The van der Waals surface area contributed by atoms with Crippen molar-refractivity contribution in [2.45, 2.75) is 40.3 Å². The van der Waals surface area contributed by atoms with Crippen LogP contribution in [-0.4, -0.2) is 62.0 Å². The average Bonchev–Trinajstić information content (AvgIpc) is 3.15. The van der Waals surface area contributed by atoms with E-state index in [0.717, 1.165) is 64.8 Å². The molecule has 0 bridgehead atoms. The summed E-state index contributed by atoms with van der Waals surface area (Å²) >= 11 is 0. The summed E-state index contributed by atoms with van der Waals surface area (Å²) in [5.41, 5.74) is 1.62. The molecule has 0 aromatic heterocycles. The Labute approximate surface area is 305 Å². The molecule has 1 aliphatic carbocycles. The van der Waals surface area contributed by atoms with E-state index < -0.39 is 22.4 Å².